The van der Waals surface area contributed by atoms with Crippen molar-refractivity contribution in [2.45, 2.75) is 12.2 Å². The number of pyridine rings is 1. The number of alkyl halides is 3. The molecule has 1 aliphatic rings. The van der Waals surface area contributed by atoms with Gasteiger partial charge in [0, 0.05) is 11.8 Å². The fraction of sp³-hybridized carbons (Fsp3) is 0.214. The number of halogens is 3. The van der Waals surface area contributed by atoms with Crippen molar-refractivity contribution in [3.05, 3.63) is 53.7 Å². The second kappa shape index (κ2) is 4.70. The van der Waals surface area contributed by atoms with E-state index >= 15 is 0 Å². The minimum atomic E-state index is -4.37. The van der Waals surface area contributed by atoms with E-state index in [0.717, 1.165) is 29.6 Å². The molecule has 1 aromatic carbocycles. The highest BCUT2D eigenvalue weighted by atomic mass is 19.4. The summed E-state index contributed by atoms with van der Waals surface area (Å²) >= 11 is 0. The summed E-state index contributed by atoms with van der Waals surface area (Å²) in [5.74, 6) is 0.933. The number of fused-ring (bicyclic) bond motifs is 1. The van der Waals surface area contributed by atoms with E-state index in [2.05, 4.69) is 10.3 Å². The van der Waals surface area contributed by atoms with Crippen LogP contribution in [0.25, 0.3) is 0 Å². The highest BCUT2D eigenvalue weighted by molar-refractivity contribution is 5.47. The van der Waals surface area contributed by atoms with Crippen molar-refractivity contribution in [2.75, 3.05) is 11.9 Å². The molecule has 1 atom stereocenters. The molecule has 0 saturated carbocycles. The van der Waals surface area contributed by atoms with Crippen molar-refractivity contribution >= 4 is 5.82 Å². The number of rotatable bonds is 2. The molecule has 0 radical (unpaired) electrons. The Bertz CT molecular complexity index is 628. The van der Waals surface area contributed by atoms with Gasteiger partial charge in [0.05, 0.1) is 11.6 Å². The van der Waals surface area contributed by atoms with Gasteiger partial charge in [-0.1, -0.05) is 18.2 Å². The first-order valence-corrected chi connectivity index (χ1v) is 6.05. The van der Waals surface area contributed by atoms with Gasteiger partial charge >= 0.3 is 6.18 Å². The topological polar surface area (TPSA) is 34.2 Å². The first-order valence-electron chi connectivity index (χ1n) is 6.05. The number of para-hydroxylation sites is 1. The van der Waals surface area contributed by atoms with E-state index in [1.165, 1.54) is 0 Å². The molecule has 1 aliphatic heterocycles. The Morgan fingerprint density at radius 3 is 2.80 bits per heavy atom. The molecule has 104 valence electrons. The van der Waals surface area contributed by atoms with Crippen molar-refractivity contribution in [2.24, 2.45) is 0 Å². The number of anilines is 1. The molecule has 2 heterocycles. The predicted octanol–water partition coefficient (Wildman–Crippen LogP) is 3.65. The Morgan fingerprint density at radius 2 is 2.00 bits per heavy atom. The quantitative estimate of drug-likeness (QED) is 0.911. The van der Waals surface area contributed by atoms with Crippen LogP contribution < -0.4 is 10.1 Å². The van der Waals surface area contributed by atoms with Crippen LogP contribution in [0, 0.1) is 0 Å². The summed E-state index contributed by atoms with van der Waals surface area (Å²) in [6.45, 7) is 0.372. The average molecular weight is 280 g/mol. The van der Waals surface area contributed by atoms with E-state index < -0.39 is 11.7 Å². The third-order valence-electron chi connectivity index (χ3n) is 3.11. The van der Waals surface area contributed by atoms with Crippen molar-refractivity contribution in [3.8, 4) is 5.75 Å². The fourth-order valence-corrected chi connectivity index (χ4v) is 2.15. The van der Waals surface area contributed by atoms with E-state index in [1.54, 1.807) is 0 Å². The van der Waals surface area contributed by atoms with Gasteiger partial charge in [0.25, 0.3) is 0 Å². The molecule has 0 amide bonds. The standard InChI is InChI=1S/C14H11F3N2O/c15-14(16,17)9-5-6-18-13(7-9)19-11-8-20-12-4-2-1-3-10(11)12/h1-7,11H,8H2,(H,18,19). The fourth-order valence-electron chi connectivity index (χ4n) is 2.15. The zero-order valence-corrected chi connectivity index (χ0v) is 10.3. The lowest BCUT2D eigenvalue weighted by Crippen LogP contribution is -2.14. The van der Waals surface area contributed by atoms with Gasteiger partial charge in [-0.05, 0) is 18.2 Å². The molecule has 0 saturated heterocycles. The summed E-state index contributed by atoms with van der Waals surface area (Å²) in [6, 6.07) is 9.18. The highest BCUT2D eigenvalue weighted by Gasteiger charge is 2.31. The molecule has 0 bridgehead atoms. The molecule has 0 aliphatic carbocycles. The molecular formula is C14H11F3N2O. The van der Waals surface area contributed by atoms with Crippen molar-refractivity contribution in [1.29, 1.82) is 0 Å². The Hall–Kier alpha value is -2.24. The molecule has 0 spiro atoms. The Kier molecular flexibility index (Phi) is 3.00. The molecule has 1 unspecified atom stereocenters. The third kappa shape index (κ3) is 2.41. The zero-order chi connectivity index (χ0) is 14.2. The number of hydrogen-bond donors (Lipinski definition) is 1. The third-order valence-corrected chi connectivity index (χ3v) is 3.11. The number of hydrogen-bond acceptors (Lipinski definition) is 3. The molecule has 0 fully saturated rings. The lowest BCUT2D eigenvalue weighted by atomic mass is 10.1. The first-order chi connectivity index (χ1) is 9.54. The molecule has 20 heavy (non-hydrogen) atoms. The van der Waals surface area contributed by atoms with Crippen LogP contribution in [-0.4, -0.2) is 11.6 Å². The second-order valence-electron chi connectivity index (χ2n) is 4.47. The van der Waals surface area contributed by atoms with Crippen LogP contribution in [0.15, 0.2) is 42.6 Å². The van der Waals surface area contributed by atoms with Gasteiger partial charge in [0.1, 0.15) is 18.2 Å². The van der Waals surface area contributed by atoms with Crippen LogP contribution in [0.4, 0.5) is 19.0 Å². The van der Waals surface area contributed by atoms with Gasteiger partial charge in [-0.3, -0.25) is 0 Å². The van der Waals surface area contributed by atoms with Crippen LogP contribution in [0.3, 0.4) is 0 Å². The van der Waals surface area contributed by atoms with Crippen LogP contribution in [-0.2, 0) is 6.18 Å². The van der Waals surface area contributed by atoms with Gasteiger partial charge in [-0.15, -0.1) is 0 Å². The Morgan fingerprint density at radius 1 is 1.20 bits per heavy atom. The SMILES string of the molecule is FC(F)(F)c1ccnc(NC2COc3ccccc32)c1. The maximum Gasteiger partial charge on any atom is 0.416 e. The van der Waals surface area contributed by atoms with E-state index in [0.29, 0.717) is 6.61 Å². The Balaban J connectivity index is 1.83. The van der Waals surface area contributed by atoms with Gasteiger partial charge in [0.15, 0.2) is 0 Å². The zero-order valence-electron chi connectivity index (χ0n) is 10.3. The van der Waals surface area contributed by atoms with Crippen molar-refractivity contribution in [3.63, 3.8) is 0 Å². The largest absolute Gasteiger partial charge is 0.491 e. The van der Waals surface area contributed by atoms with Crippen LogP contribution in [0.1, 0.15) is 17.2 Å². The number of benzene rings is 1. The van der Waals surface area contributed by atoms with E-state index in [9.17, 15) is 13.2 Å². The maximum absolute atomic E-state index is 12.6. The van der Waals surface area contributed by atoms with E-state index in [-0.39, 0.29) is 11.9 Å². The van der Waals surface area contributed by atoms with E-state index in [1.807, 2.05) is 24.3 Å². The second-order valence-corrected chi connectivity index (χ2v) is 4.47. The van der Waals surface area contributed by atoms with Crippen LogP contribution in [0.5, 0.6) is 5.75 Å². The van der Waals surface area contributed by atoms with Crippen LogP contribution in [0.2, 0.25) is 0 Å². The molecule has 6 heteroatoms. The lowest BCUT2D eigenvalue weighted by molar-refractivity contribution is -0.137. The molecule has 2 aromatic rings. The van der Waals surface area contributed by atoms with Gasteiger partial charge in [-0.25, -0.2) is 4.98 Å². The minimum absolute atomic E-state index is 0.185. The number of nitrogens with one attached hydrogen (secondary N) is 1. The summed E-state index contributed by atoms with van der Waals surface area (Å²) in [6.07, 6.45) is -3.23. The monoisotopic (exact) mass is 280 g/mol. The van der Waals surface area contributed by atoms with Crippen molar-refractivity contribution in [1.82, 2.24) is 4.98 Å². The normalized spacial score (nSPS) is 17.4. The number of aromatic nitrogens is 1. The molecule has 3 nitrogen and oxygen atoms in total. The predicted molar refractivity (Wildman–Crippen MR) is 67.5 cm³/mol. The number of ether oxygens (including phenoxy) is 1. The summed E-state index contributed by atoms with van der Waals surface area (Å²) in [5.41, 5.74) is 0.203. The van der Waals surface area contributed by atoms with Crippen LogP contribution >= 0.6 is 0 Å². The van der Waals surface area contributed by atoms with Gasteiger partial charge in [-0.2, -0.15) is 13.2 Å². The van der Waals surface area contributed by atoms with Gasteiger partial charge in [0.2, 0.25) is 0 Å². The smallest absolute Gasteiger partial charge is 0.416 e. The molecular weight excluding hydrogens is 269 g/mol. The van der Waals surface area contributed by atoms with Crippen molar-refractivity contribution < 1.29 is 17.9 Å². The highest BCUT2D eigenvalue weighted by Crippen LogP contribution is 2.35. The molecule has 1 N–H and O–H groups in total. The molecule has 1 aromatic heterocycles. The maximum atomic E-state index is 12.6. The van der Waals surface area contributed by atoms with E-state index in [4.69, 9.17) is 4.74 Å². The molecule has 3 rings (SSSR count). The van der Waals surface area contributed by atoms with Gasteiger partial charge < -0.3 is 10.1 Å². The summed E-state index contributed by atoms with van der Waals surface area (Å²) in [5, 5.41) is 2.97. The Labute approximate surface area is 113 Å². The summed E-state index contributed by atoms with van der Waals surface area (Å²) in [4.78, 5) is 3.92. The average Bonchev–Trinajstić information content (AvgIpc) is 2.82. The summed E-state index contributed by atoms with van der Waals surface area (Å²) in [7, 11) is 0. The lowest BCUT2D eigenvalue weighted by Gasteiger charge is -2.14. The minimum Gasteiger partial charge on any atom is -0.491 e. The first kappa shape index (κ1) is 12.8. The summed E-state index contributed by atoms with van der Waals surface area (Å²) < 4.78 is 43.4. The number of nitrogens with zero attached hydrogens (tertiary/aromatic N) is 1.